The lowest BCUT2D eigenvalue weighted by Gasteiger charge is -2.08. The lowest BCUT2D eigenvalue weighted by molar-refractivity contribution is 0.607. The van der Waals surface area contributed by atoms with Crippen molar-refractivity contribution in [2.45, 2.75) is 13.3 Å². The molecule has 2 aromatic rings. The summed E-state index contributed by atoms with van der Waals surface area (Å²) in [6, 6.07) is 5.65. The molecule has 0 atom stereocenters. The second kappa shape index (κ2) is 4.81. The van der Waals surface area contributed by atoms with E-state index in [4.69, 9.17) is 0 Å². The summed E-state index contributed by atoms with van der Waals surface area (Å²) >= 11 is 0. The van der Waals surface area contributed by atoms with E-state index in [-0.39, 0.29) is 0 Å². The van der Waals surface area contributed by atoms with Gasteiger partial charge < -0.3 is 4.98 Å². The molecule has 18 heavy (non-hydrogen) atoms. The summed E-state index contributed by atoms with van der Waals surface area (Å²) in [4.78, 5) is 6.98. The number of aromatic amines is 1. The van der Waals surface area contributed by atoms with Crippen LogP contribution in [-0.2, 0) is 16.4 Å². The van der Waals surface area contributed by atoms with E-state index in [1.54, 1.807) is 18.6 Å². The van der Waals surface area contributed by atoms with Crippen LogP contribution < -0.4 is 4.72 Å². The van der Waals surface area contributed by atoms with E-state index < -0.39 is 10.0 Å². The predicted octanol–water partition coefficient (Wildman–Crippen LogP) is 1.68. The van der Waals surface area contributed by atoms with Crippen molar-refractivity contribution in [2.24, 2.45) is 0 Å². The normalized spacial score (nSPS) is 11.4. The first-order valence-corrected chi connectivity index (χ1v) is 7.37. The smallest absolute Gasteiger partial charge is 0.229 e. The van der Waals surface area contributed by atoms with Gasteiger partial charge >= 0.3 is 0 Å². The third-order valence-corrected chi connectivity index (χ3v) is 3.00. The number of imidazole rings is 1. The topological polar surface area (TPSA) is 74.8 Å². The molecule has 1 heterocycles. The molecule has 0 radical (unpaired) electrons. The largest absolute Gasteiger partial charge is 0.348 e. The Morgan fingerprint density at radius 1 is 1.33 bits per heavy atom. The molecule has 0 aliphatic rings. The summed E-state index contributed by atoms with van der Waals surface area (Å²) in [5.41, 5.74) is 3.63. The van der Waals surface area contributed by atoms with Crippen molar-refractivity contribution in [3.05, 3.63) is 47.5 Å². The van der Waals surface area contributed by atoms with Crippen molar-refractivity contribution in [3.8, 4) is 0 Å². The van der Waals surface area contributed by atoms with Crippen LogP contribution in [0, 0.1) is 6.92 Å². The molecule has 0 unspecified atom stereocenters. The van der Waals surface area contributed by atoms with Gasteiger partial charge in [0.1, 0.15) is 0 Å². The maximum atomic E-state index is 11.2. The van der Waals surface area contributed by atoms with Gasteiger partial charge in [0, 0.05) is 24.0 Å². The second-order valence-corrected chi connectivity index (χ2v) is 6.08. The highest BCUT2D eigenvalue weighted by molar-refractivity contribution is 7.92. The van der Waals surface area contributed by atoms with Gasteiger partial charge in [0.05, 0.1) is 12.6 Å². The first kappa shape index (κ1) is 12.6. The van der Waals surface area contributed by atoms with Crippen molar-refractivity contribution in [2.75, 3.05) is 11.0 Å². The monoisotopic (exact) mass is 265 g/mol. The molecule has 0 bridgehead atoms. The van der Waals surface area contributed by atoms with E-state index in [1.165, 1.54) is 0 Å². The average molecular weight is 265 g/mol. The van der Waals surface area contributed by atoms with E-state index in [0.29, 0.717) is 12.1 Å². The van der Waals surface area contributed by atoms with Crippen LogP contribution in [0.4, 0.5) is 5.69 Å². The molecule has 2 N–H and O–H groups in total. The fourth-order valence-corrected chi connectivity index (χ4v) is 2.38. The third-order valence-electron chi connectivity index (χ3n) is 2.39. The molecule has 0 spiro atoms. The first-order valence-electron chi connectivity index (χ1n) is 5.48. The minimum atomic E-state index is -3.24. The molecule has 2 rings (SSSR count). The van der Waals surface area contributed by atoms with E-state index in [1.807, 2.05) is 19.1 Å². The molecular formula is C12H15N3O2S. The SMILES string of the molecule is Cc1cc(Cc2cnc[nH]2)cc(NS(C)(=O)=O)c1. The Labute approximate surface area is 106 Å². The maximum absolute atomic E-state index is 11.2. The number of H-pyrrole nitrogens is 1. The van der Waals surface area contributed by atoms with Crippen LogP contribution in [0.2, 0.25) is 0 Å². The van der Waals surface area contributed by atoms with Crippen molar-refractivity contribution < 1.29 is 8.42 Å². The minimum absolute atomic E-state index is 0.590. The molecule has 0 aliphatic heterocycles. The van der Waals surface area contributed by atoms with Crippen LogP contribution in [-0.4, -0.2) is 24.6 Å². The lowest BCUT2D eigenvalue weighted by atomic mass is 10.1. The number of nitrogens with zero attached hydrogens (tertiary/aromatic N) is 1. The molecule has 96 valence electrons. The molecule has 0 saturated carbocycles. The van der Waals surface area contributed by atoms with Gasteiger partial charge in [0.15, 0.2) is 0 Å². The molecule has 0 amide bonds. The molecule has 5 nitrogen and oxygen atoms in total. The number of hydrogen-bond acceptors (Lipinski definition) is 3. The number of hydrogen-bond donors (Lipinski definition) is 2. The average Bonchev–Trinajstić information content (AvgIpc) is 2.66. The highest BCUT2D eigenvalue weighted by Gasteiger charge is 2.05. The van der Waals surface area contributed by atoms with E-state index >= 15 is 0 Å². The number of rotatable bonds is 4. The van der Waals surface area contributed by atoms with Crippen LogP contribution in [0.1, 0.15) is 16.8 Å². The zero-order valence-corrected chi connectivity index (χ0v) is 11.1. The number of sulfonamides is 1. The summed E-state index contributed by atoms with van der Waals surface area (Å²) in [5, 5.41) is 0. The van der Waals surface area contributed by atoms with E-state index in [9.17, 15) is 8.42 Å². The summed E-state index contributed by atoms with van der Waals surface area (Å²) < 4.78 is 24.9. The standard InChI is InChI=1S/C12H15N3O2S/c1-9-3-10(6-12-7-13-8-14-12)5-11(4-9)15-18(2,16)17/h3-5,7-8,15H,6H2,1-2H3,(H,13,14). The Hall–Kier alpha value is -1.82. The number of benzene rings is 1. The van der Waals surface area contributed by atoms with Crippen LogP contribution in [0.3, 0.4) is 0 Å². The Balaban J connectivity index is 2.26. The third kappa shape index (κ3) is 3.59. The zero-order chi connectivity index (χ0) is 13.2. The van der Waals surface area contributed by atoms with Gasteiger partial charge in [-0.1, -0.05) is 6.07 Å². The van der Waals surface area contributed by atoms with Gasteiger partial charge in [-0.2, -0.15) is 0 Å². The maximum Gasteiger partial charge on any atom is 0.229 e. The molecule has 0 aliphatic carbocycles. The van der Waals surface area contributed by atoms with Crippen molar-refractivity contribution in [3.63, 3.8) is 0 Å². The van der Waals surface area contributed by atoms with Crippen LogP contribution in [0.25, 0.3) is 0 Å². The number of nitrogens with one attached hydrogen (secondary N) is 2. The highest BCUT2D eigenvalue weighted by Crippen LogP contribution is 2.17. The van der Waals surface area contributed by atoms with Gasteiger partial charge in [-0.05, 0) is 30.2 Å². The van der Waals surface area contributed by atoms with Gasteiger partial charge in [-0.25, -0.2) is 13.4 Å². The molecule has 0 fully saturated rings. The summed E-state index contributed by atoms with van der Waals surface area (Å²) in [6.45, 7) is 1.93. The molecular weight excluding hydrogens is 250 g/mol. The van der Waals surface area contributed by atoms with Crippen LogP contribution in [0.5, 0.6) is 0 Å². The lowest BCUT2D eigenvalue weighted by Crippen LogP contribution is -2.10. The molecule has 6 heteroatoms. The molecule has 1 aromatic carbocycles. The number of anilines is 1. The first-order chi connectivity index (χ1) is 8.42. The molecule has 1 aromatic heterocycles. The highest BCUT2D eigenvalue weighted by atomic mass is 32.2. The van der Waals surface area contributed by atoms with Gasteiger partial charge in [0.25, 0.3) is 0 Å². The van der Waals surface area contributed by atoms with Crippen molar-refractivity contribution in [1.29, 1.82) is 0 Å². The van der Waals surface area contributed by atoms with Crippen molar-refractivity contribution >= 4 is 15.7 Å². The number of aromatic nitrogens is 2. The van der Waals surface area contributed by atoms with Gasteiger partial charge in [-0.15, -0.1) is 0 Å². The van der Waals surface area contributed by atoms with E-state index in [0.717, 1.165) is 23.1 Å². The van der Waals surface area contributed by atoms with Crippen LogP contribution >= 0.6 is 0 Å². The fraction of sp³-hybridized carbons (Fsp3) is 0.250. The van der Waals surface area contributed by atoms with Gasteiger partial charge in [-0.3, -0.25) is 4.72 Å². The predicted molar refractivity (Wildman–Crippen MR) is 71.0 cm³/mol. The Morgan fingerprint density at radius 2 is 2.11 bits per heavy atom. The Kier molecular flexibility index (Phi) is 3.38. The summed E-state index contributed by atoms with van der Waals surface area (Å²) in [7, 11) is -3.24. The summed E-state index contributed by atoms with van der Waals surface area (Å²) in [5.74, 6) is 0. The fourth-order valence-electron chi connectivity index (χ4n) is 1.84. The van der Waals surface area contributed by atoms with E-state index in [2.05, 4.69) is 14.7 Å². The summed E-state index contributed by atoms with van der Waals surface area (Å²) in [6.07, 6.45) is 5.22. The molecule has 0 saturated heterocycles. The van der Waals surface area contributed by atoms with Crippen molar-refractivity contribution in [1.82, 2.24) is 9.97 Å². The zero-order valence-electron chi connectivity index (χ0n) is 10.3. The Morgan fingerprint density at radius 3 is 2.72 bits per heavy atom. The van der Waals surface area contributed by atoms with Crippen LogP contribution in [0.15, 0.2) is 30.7 Å². The Bertz CT molecular complexity index is 633. The minimum Gasteiger partial charge on any atom is -0.348 e. The second-order valence-electron chi connectivity index (χ2n) is 4.34. The number of aryl methyl sites for hydroxylation is 1. The van der Waals surface area contributed by atoms with Gasteiger partial charge in [0.2, 0.25) is 10.0 Å². The quantitative estimate of drug-likeness (QED) is 0.883.